The van der Waals surface area contributed by atoms with Gasteiger partial charge in [0.25, 0.3) is 0 Å². The van der Waals surface area contributed by atoms with E-state index in [1.165, 1.54) is 19.3 Å². The molecule has 0 unspecified atom stereocenters. The van der Waals surface area contributed by atoms with Gasteiger partial charge in [-0.05, 0) is 19.8 Å². The van der Waals surface area contributed by atoms with Gasteiger partial charge in [0.2, 0.25) is 11.8 Å². The van der Waals surface area contributed by atoms with E-state index >= 15 is 0 Å². The van der Waals surface area contributed by atoms with E-state index in [2.05, 4.69) is 5.32 Å². The fourth-order valence-corrected chi connectivity index (χ4v) is 3.96. The first-order valence-corrected chi connectivity index (χ1v) is 9.09. The molecule has 3 fully saturated rings. The molecule has 0 radical (unpaired) electrons. The second-order valence-electron chi connectivity index (χ2n) is 6.99. The number of carbonyl (C=O) groups is 2. The van der Waals surface area contributed by atoms with Crippen LogP contribution < -0.4 is 5.32 Å². The van der Waals surface area contributed by atoms with Gasteiger partial charge in [0, 0.05) is 38.6 Å². The summed E-state index contributed by atoms with van der Waals surface area (Å²) >= 11 is 0. The summed E-state index contributed by atoms with van der Waals surface area (Å²) in [6.45, 7) is 5.95. The van der Waals surface area contributed by atoms with E-state index < -0.39 is 0 Å². The van der Waals surface area contributed by atoms with E-state index in [1.807, 2.05) is 16.7 Å². The first-order valence-electron chi connectivity index (χ1n) is 9.09. The van der Waals surface area contributed by atoms with Gasteiger partial charge in [0.05, 0.1) is 12.7 Å². The van der Waals surface area contributed by atoms with Crippen molar-refractivity contribution < 1.29 is 14.3 Å². The highest BCUT2D eigenvalue weighted by atomic mass is 16.5. The number of nitrogens with zero attached hydrogens (tertiary/aromatic N) is 2. The van der Waals surface area contributed by atoms with Gasteiger partial charge in [-0.15, -0.1) is 0 Å². The Morgan fingerprint density at radius 2 is 1.57 bits per heavy atom. The zero-order chi connectivity index (χ0) is 16.2. The third-order valence-corrected chi connectivity index (χ3v) is 5.44. The van der Waals surface area contributed by atoms with Crippen LogP contribution in [0.1, 0.15) is 39.0 Å². The van der Waals surface area contributed by atoms with Gasteiger partial charge in [-0.1, -0.05) is 19.3 Å². The van der Waals surface area contributed by atoms with E-state index in [-0.39, 0.29) is 24.0 Å². The quantitative estimate of drug-likeness (QED) is 0.809. The van der Waals surface area contributed by atoms with Gasteiger partial charge in [-0.3, -0.25) is 9.59 Å². The number of amides is 2. The summed E-state index contributed by atoms with van der Waals surface area (Å²) in [4.78, 5) is 29.0. The molecule has 23 heavy (non-hydrogen) atoms. The molecule has 6 heteroatoms. The predicted molar refractivity (Wildman–Crippen MR) is 86.9 cm³/mol. The van der Waals surface area contributed by atoms with Crippen LogP contribution in [-0.4, -0.2) is 73.1 Å². The van der Waals surface area contributed by atoms with Crippen LogP contribution in [0.2, 0.25) is 0 Å². The highest BCUT2D eigenvalue weighted by Crippen LogP contribution is 2.26. The van der Waals surface area contributed by atoms with Crippen LogP contribution in [0, 0.1) is 5.92 Å². The number of carbonyl (C=O) groups excluding carboxylic acids is 2. The van der Waals surface area contributed by atoms with Crippen molar-refractivity contribution in [3.63, 3.8) is 0 Å². The summed E-state index contributed by atoms with van der Waals surface area (Å²) in [6, 6.07) is -0.246. The Kier molecular flexibility index (Phi) is 5.54. The summed E-state index contributed by atoms with van der Waals surface area (Å²) < 4.78 is 5.57. The molecule has 1 aliphatic carbocycles. The summed E-state index contributed by atoms with van der Waals surface area (Å²) in [5.74, 6) is 0.644. The fraction of sp³-hybridized carbons (Fsp3) is 0.882. The largest absolute Gasteiger partial charge is 0.375 e. The molecule has 2 aliphatic heterocycles. The highest BCUT2D eigenvalue weighted by molar-refractivity contribution is 5.83. The summed E-state index contributed by atoms with van der Waals surface area (Å²) in [5.41, 5.74) is 0. The molecule has 0 aromatic rings. The minimum absolute atomic E-state index is 0.0850. The Hall–Kier alpha value is -1.14. The van der Waals surface area contributed by atoms with Gasteiger partial charge in [-0.25, -0.2) is 0 Å². The minimum Gasteiger partial charge on any atom is -0.375 e. The standard InChI is InChI=1S/C17H29N3O3/c1-13-15(18-7-12-23-13)17(22)20-10-8-19(9-11-20)16(21)14-5-3-2-4-6-14/h13-15,18H,2-12H2,1H3/t13-,15+/m1/s1. The van der Waals surface area contributed by atoms with Crippen LogP contribution >= 0.6 is 0 Å². The van der Waals surface area contributed by atoms with Crippen molar-refractivity contribution >= 4 is 11.8 Å². The maximum atomic E-state index is 12.6. The van der Waals surface area contributed by atoms with Crippen molar-refractivity contribution in [2.75, 3.05) is 39.3 Å². The van der Waals surface area contributed by atoms with Crippen molar-refractivity contribution in [3.8, 4) is 0 Å². The summed E-state index contributed by atoms with van der Waals surface area (Å²) in [6.07, 6.45) is 5.62. The second kappa shape index (κ2) is 7.62. The molecule has 2 atom stereocenters. The average molecular weight is 323 g/mol. The van der Waals surface area contributed by atoms with Gasteiger partial charge >= 0.3 is 0 Å². The molecular formula is C17H29N3O3. The molecule has 2 amide bonds. The number of morpholine rings is 1. The van der Waals surface area contributed by atoms with E-state index in [0.29, 0.717) is 38.7 Å². The van der Waals surface area contributed by atoms with Crippen LogP contribution in [-0.2, 0) is 14.3 Å². The third kappa shape index (κ3) is 3.86. The Labute approximate surface area is 138 Å². The van der Waals surface area contributed by atoms with Crippen LogP contribution in [0.25, 0.3) is 0 Å². The molecule has 1 N–H and O–H groups in total. The molecule has 130 valence electrons. The maximum Gasteiger partial charge on any atom is 0.242 e. The van der Waals surface area contributed by atoms with Crippen molar-refractivity contribution in [2.24, 2.45) is 5.92 Å². The van der Waals surface area contributed by atoms with Crippen molar-refractivity contribution in [1.29, 1.82) is 0 Å². The van der Waals surface area contributed by atoms with Crippen LogP contribution in [0.3, 0.4) is 0 Å². The van der Waals surface area contributed by atoms with Crippen LogP contribution in [0.15, 0.2) is 0 Å². The number of ether oxygens (including phenoxy) is 1. The highest BCUT2D eigenvalue weighted by Gasteiger charge is 2.35. The molecule has 0 aromatic heterocycles. The van der Waals surface area contributed by atoms with Crippen LogP contribution in [0.4, 0.5) is 0 Å². The molecule has 2 heterocycles. The van der Waals surface area contributed by atoms with Gasteiger partial charge < -0.3 is 19.9 Å². The van der Waals surface area contributed by atoms with Crippen molar-refractivity contribution in [3.05, 3.63) is 0 Å². The molecule has 3 aliphatic rings. The van der Waals surface area contributed by atoms with E-state index in [9.17, 15) is 9.59 Å². The second-order valence-corrected chi connectivity index (χ2v) is 6.99. The smallest absolute Gasteiger partial charge is 0.242 e. The number of nitrogens with one attached hydrogen (secondary N) is 1. The van der Waals surface area contributed by atoms with Crippen molar-refractivity contribution in [1.82, 2.24) is 15.1 Å². The van der Waals surface area contributed by atoms with Gasteiger partial charge in [0.1, 0.15) is 6.04 Å². The van der Waals surface area contributed by atoms with E-state index in [1.54, 1.807) is 0 Å². The van der Waals surface area contributed by atoms with Gasteiger partial charge in [0.15, 0.2) is 0 Å². The van der Waals surface area contributed by atoms with E-state index in [0.717, 1.165) is 19.4 Å². The Balaban J connectivity index is 1.49. The third-order valence-electron chi connectivity index (χ3n) is 5.44. The Morgan fingerprint density at radius 1 is 0.957 bits per heavy atom. The van der Waals surface area contributed by atoms with Crippen molar-refractivity contribution in [2.45, 2.75) is 51.2 Å². The van der Waals surface area contributed by atoms with Crippen LogP contribution in [0.5, 0.6) is 0 Å². The lowest BCUT2D eigenvalue weighted by Gasteiger charge is -2.40. The number of piperazine rings is 1. The Morgan fingerprint density at radius 3 is 2.17 bits per heavy atom. The maximum absolute atomic E-state index is 12.6. The Bertz CT molecular complexity index is 429. The lowest BCUT2D eigenvalue weighted by atomic mass is 9.88. The molecule has 1 saturated carbocycles. The average Bonchev–Trinajstić information content (AvgIpc) is 2.62. The lowest BCUT2D eigenvalue weighted by molar-refractivity contribution is -0.146. The molecule has 0 bridgehead atoms. The van der Waals surface area contributed by atoms with Gasteiger partial charge in [-0.2, -0.15) is 0 Å². The number of hydrogen-bond donors (Lipinski definition) is 1. The molecule has 3 rings (SSSR count). The molecular weight excluding hydrogens is 294 g/mol. The molecule has 0 aromatic carbocycles. The topological polar surface area (TPSA) is 61.9 Å². The zero-order valence-electron chi connectivity index (χ0n) is 14.1. The first-order chi connectivity index (χ1) is 11.2. The predicted octanol–water partition coefficient (Wildman–Crippen LogP) is 0.614. The number of rotatable bonds is 2. The fourth-order valence-electron chi connectivity index (χ4n) is 3.96. The monoisotopic (exact) mass is 323 g/mol. The zero-order valence-corrected chi connectivity index (χ0v) is 14.1. The molecule has 2 saturated heterocycles. The molecule has 6 nitrogen and oxygen atoms in total. The minimum atomic E-state index is -0.246. The molecule has 0 spiro atoms. The first kappa shape index (κ1) is 16.7. The summed E-state index contributed by atoms with van der Waals surface area (Å²) in [5, 5.41) is 3.25. The SMILES string of the molecule is C[C@H]1OCCN[C@@H]1C(=O)N1CCN(C(=O)C2CCCCC2)CC1. The number of hydrogen-bond acceptors (Lipinski definition) is 4. The van der Waals surface area contributed by atoms with E-state index in [4.69, 9.17) is 4.74 Å². The lowest BCUT2D eigenvalue weighted by Crippen LogP contribution is -2.60. The normalized spacial score (nSPS) is 30.3. The summed E-state index contributed by atoms with van der Waals surface area (Å²) in [7, 11) is 0.